The van der Waals surface area contributed by atoms with Crippen molar-refractivity contribution in [2.75, 3.05) is 27.2 Å². The predicted octanol–water partition coefficient (Wildman–Crippen LogP) is 1.35. The molecular weight excluding hydrogens is 162 g/mol. The van der Waals surface area contributed by atoms with Crippen molar-refractivity contribution in [3.63, 3.8) is 0 Å². The van der Waals surface area contributed by atoms with Gasteiger partial charge in [0.15, 0.2) is 0 Å². The van der Waals surface area contributed by atoms with Crippen molar-refractivity contribution in [3.8, 4) is 0 Å². The first-order valence-electron chi connectivity index (χ1n) is 4.99. The standard InChI is InChI=1S/C10H23N3/c1-6-9(2)13(5)8-7-12-10(3)11-4/h9H,6-8H2,1-5H3,(H,11,12). The molecule has 0 aromatic carbocycles. The van der Waals surface area contributed by atoms with E-state index < -0.39 is 0 Å². The van der Waals surface area contributed by atoms with E-state index in [9.17, 15) is 0 Å². The molecule has 0 saturated heterocycles. The van der Waals surface area contributed by atoms with Gasteiger partial charge in [0.1, 0.15) is 0 Å². The monoisotopic (exact) mass is 185 g/mol. The molecule has 1 N–H and O–H groups in total. The van der Waals surface area contributed by atoms with Gasteiger partial charge >= 0.3 is 0 Å². The number of hydrogen-bond donors (Lipinski definition) is 1. The SMILES string of the molecule is CCC(C)N(C)CCNC(C)=NC. The molecule has 0 saturated carbocycles. The molecule has 78 valence electrons. The molecule has 0 spiro atoms. The van der Waals surface area contributed by atoms with Crippen molar-refractivity contribution in [1.29, 1.82) is 0 Å². The first kappa shape index (κ1) is 12.4. The minimum atomic E-state index is 0.667. The fourth-order valence-corrected chi connectivity index (χ4v) is 1.02. The maximum atomic E-state index is 4.04. The molecule has 0 aromatic heterocycles. The van der Waals surface area contributed by atoms with Crippen LogP contribution in [0, 0.1) is 0 Å². The Labute approximate surface area is 82.2 Å². The Hall–Kier alpha value is -0.570. The third-order valence-corrected chi connectivity index (χ3v) is 2.52. The average molecular weight is 185 g/mol. The Morgan fingerprint density at radius 2 is 2.15 bits per heavy atom. The van der Waals surface area contributed by atoms with E-state index in [2.05, 4.69) is 36.1 Å². The summed E-state index contributed by atoms with van der Waals surface area (Å²) < 4.78 is 0. The molecule has 0 aliphatic heterocycles. The third-order valence-electron chi connectivity index (χ3n) is 2.52. The van der Waals surface area contributed by atoms with Crippen LogP contribution in [0.4, 0.5) is 0 Å². The topological polar surface area (TPSA) is 27.6 Å². The van der Waals surface area contributed by atoms with Crippen LogP contribution in [0.3, 0.4) is 0 Å². The lowest BCUT2D eigenvalue weighted by Crippen LogP contribution is -2.36. The third kappa shape index (κ3) is 5.64. The van der Waals surface area contributed by atoms with Crippen LogP contribution < -0.4 is 5.32 Å². The van der Waals surface area contributed by atoms with Gasteiger partial charge in [-0.05, 0) is 27.3 Å². The fraction of sp³-hybridized carbons (Fsp3) is 0.900. The van der Waals surface area contributed by atoms with Gasteiger partial charge in [-0.3, -0.25) is 4.99 Å². The molecule has 0 amide bonds. The zero-order valence-corrected chi connectivity index (χ0v) is 9.59. The Kier molecular flexibility index (Phi) is 6.59. The molecule has 0 aliphatic carbocycles. The molecule has 1 unspecified atom stereocenters. The number of nitrogens with zero attached hydrogens (tertiary/aromatic N) is 2. The summed E-state index contributed by atoms with van der Waals surface area (Å²) in [6.45, 7) is 8.50. The predicted molar refractivity (Wildman–Crippen MR) is 59.4 cm³/mol. The number of nitrogens with one attached hydrogen (secondary N) is 1. The van der Waals surface area contributed by atoms with Crippen LogP contribution >= 0.6 is 0 Å². The van der Waals surface area contributed by atoms with Crippen molar-refractivity contribution >= 4 is 5.84 Å². The summed E-state index contributed by atoms with van der Waals surface area (Å²) in [7, 11) is 3.97. The number of rotatable bonds is 5. The summed E-state index contributed by atoms with van der Waals surface area (Å²) in [6, 6.07) is 0.667. The molecule has 1 atom stereocenters. The smallest absolute Gasteiger partial charge is 0.0928 e. The maximum absolute atomic E-state index is 4.04. The minimum absolute atomic E-state index is 0.667. The number of hydrogen-bond acceptors (Lipinski definition) is 2. The minimum Gasteiger partial charge on any atom is -0.373 e. The molecule has 0 radical (unpaired) electrons. The Morgan fingerprint density at radius 1 is 1.54 bits per heavy atom. The van der Waals surface area contributed by atoms with E-state index in [1.807, 2.05) is 6.92 Å². The van der Waals surface area contributed by atoms with Gasteiger partial charge in [0, 0.05) is 26.2 Å². The lowest BCUT2D eigenvalue weighted by Gasteiger charge is -2.23. The van der Waals surface area contributed by atoms with E-state index in [1.165, 1.54) is 6.42 Å². The van der Waals surface area contributed by atoms with Crippen LogP contribution in [-0.4, -0.2) is 44.0 Å². The van der Waals surface area contributed by atoms with Crippen LogP contribution in [0.25, 0.3) is 0 Å². The summed E-state index contributed by atoms with van der Waals surface area (Å²) in [5, 5.41) is 3.25. The van der Waals surface area contributed by atoms with Crippen LogP contribution in [0.1, 0.15) is 27.2 Å². The van der Waals surface area contributed by atoms with Crippen molar-refractivity contribution < 1.29 is 0 Å². The number of amidine groups is 1. The highest BCUT2D eigenvalue weighted by Crippen LogP contribution is 1.97. The van der Waals surface area contributed by atoms with E-state index in [0.717, 1.165) is 18.9 Å². The average Bonchev–Trinajstić information content (AvgIpc) is 2.15. The fourth-order valence-electron chi connectivity index (χ4n) is 1.02. The Balaban J connectivity index is 3.53. The summed E-state index contributed by atoms with van der Waals surface area (Å²) in [5.74, 6) is 1.01. The molecule has 0 heterocycles. The van der Waals surface area contributed by atoms with E-state index in [1.54, 1.807) is 7.05 Å². The zero-order valence-electron chi connectivity index (χ0n) is 9.59. The van der Waals surface area contributed by atoms with Crippen molar-refractivity contribution in [2.24, 2.45) is 4.99 Å². The molecule has 0 aliphatic rings. The van der Waals surface area contributed by atoms with E-state index in [-0.39, 0.29) is 0 Å². The van der Waals surface area contributed by atoms with Gasteiger partial charge in [-0.1, -0.05) is 6.92 Å². The molecule has 13 heavy (non-hydrogen) atoms. The quantitative estimate of drug-likeness (QED) is 0.517. The summed E-state index contributed by atoms with van der Waals surface area (Å²) in [6.07, 6.45) is 1.21. The summed E-state index contributed by atoms with van der Waals surface area (Å²) in [5.41, 5.74) is 0. The first-order chi connectivity index (χ1) is 6.11. The number of aliphatic imine (C=N–C) groups is 1. The van der Waals surface area contributed by atoms with Crippen LogP contribution in [-0.2, 0) is 0 Å². The first-order valence-corrected chi connectivity index (χ1v) is 4.99. The van der Waals surface area contributed by atoms with Gasteiger partial charge in [-0.2, -0.15) is 0 Å². The second-order valence-corrected chi connectivity index (χ2v) is 3.47. The highest BCUT2D eigenvalue weighted by Gasteiger charge is 2.04. The zero-order chi connectivity index (χ0) is 10.3. The van der Waals surface area contributed by atoms with Gasteiger partial charge in [0.05, 0.1) is 5.84 Å². The molecular formula is C10H23N3. The van der Waals surface area contributed by atoms with Crippen molar-refractivity contribution in [3.05, 3.63) is 0 Å². The van der Waals surface area contributed by atoms with Crippen LogP contribution in [0.15, 0.2) is 4.99 Å². The second-order valence-electron chi connectivity index (χ2n) is 3.47. The summed E-state index contributed by atoms with van der Waals surface area (Å²) >= 11 is 0. The lowest BCUT2D eigenvalue weighted by molar-refractivity contribution is 0.256. The van der Waals surface area contributed by atoms with Gasteiger partial charge in [0.2, 0.25) is 0 Å². The number of likely N-dealkylation sites (N-methyl/N-ethyl adjacent to an activating group) is 1. The van der Waals surface area contributed by atoms with Crippen molar-refractivity contribution in [1.82, 2.24) is 10.2 Å². The molecule has 0 bridgehead atoms. The lowest BCUT2D eigenvalue weighted by atomic mass is 10.2. The molecule has 0 rings (SSSR count). The van der Waals surface area contributed by atoms with E-state index >= 15 is 0 Å². The molecule has 0 aromatic rings. The maximum Gasteiger partial charge on any atom is 0.0928 e. The van der Waals surface area contributed by atoms with Crippen LogP contribution in [0.5, 0.6) is 0 Å². The summed E-state index contributed by atoms with van der Waals surface area (Å²) in [4.78, 5) is 6.39. The highest BCUT2D eigenvalue weighted by atomic mass is 15.1. The van der Waals surface area contributed by atoms with E-state index in [0.29, 0.717) is 6.04 Å². The highest BCUT2D eigenvalue weighted by molar-refractivity contribution is 5.79. The van der Waals surface area contributed by atoms with Crippen LogP contribution in [0.2, 0.25) is 0 Å². The molecule has 3 heteroatoms. The van der Waals surface area contributed by atoms with Crippen molar-refractivity contribution in [2.45, 2.75) is 33.2 Å². The molecule has 3 nitrogen and oxygen atoms in total. The van der Waals surface area contributed by atoms with E-state index in [4.69, 9.17) is 0 Å². The molecule has 0 fully saturated rings. The largest absolute Gasteiger partial charge is 0.373 e. The van der Waals surface area contributed by atoms with Gasteiger partial charge in [-0.25, -0.2) is 0 Å². The normalized spacial score (nSPS) is 14.8. The Bertz CT molecular complexity index is 154. The second kappa shape index (κ2) is 6.89. The Morgan fingerprint density at radius 3 is 2.62 bits per heavy atom. The van der Waals surface area contributed by atoms with Gasteiger partial charge in [-0.15, -0.1) is 0 Å². The van der Waals surface area contributed by atoms with Gasteiger partial charge in [0.25, 0.3) is 0 Å². The van der Waals surface area contributed by atoms with Gasteiger partial charge < -0.3 is 10.2 Å².